The van der Waals surface area contributed by atoms with Gasteiger partial charge in [0.2, 0.25) is 0 Å². The lowest BCUT2D eigenvalue weighted by atomic mass is 9.91. The van der Waals surface area contributed by atoms with Gasteiger partial charge in [-0.25, -0.2) is 0 Å². The minimum absolute atomic E-state index is 0.213. The van der Waals surface area contributed by atoms with Gasteiger partial charge in [-0.05, 0) is 24.9 Å². The fourth-order valence-electron chi connectivity index (χ4n) is 2.99. The second kappa shape index (κ2) is 3.99. The van der Waals surface area contributed by atoms with E-state index in [9.17, 15) is 4.79 Å². The highest BCUT2D eigenvalue weighted by Gasteiger charge is 2.45. The van der Waals surface area contributed by atoms with Crippen LogP contribution < -0.4 is 5.32 Å². The average molecular weight is 196 g/mol. The molecule has 0 aromatic rings. The summed E-state index contributed by atoms with van der Waals surface area (Å²) in [7, 11) is 0. The zero-order chi connectivity index (χ0) is 10.1. The van der Waals surface area contributed by atoms with Crippen molar-refractivity contribution in [3.63, 3.8) is 0 Å². The number of carbonyl (C=O) groups is 1. The Labute approximate surface area is 85.8 Å². The molecule has 2 heterocycles. The topological polar surface area (TPSA) is 32.3 Å². The molecular formula is C11H20N2O. The fraction of sp³-hybridized carbons (Fsp3) is 0.909. The van der Waals surface area contributed by atoms with E-state index in [1.165, 1.54) is 0 Å². The summed E-state index contributed by atoms with van der Waals surface area (Å²) in [5.74, 6) is 1.74. The smallest absolute Gasteiger partial charge is 0.150 e. The number of rotatable bonds is 3. The molecule has 2 aliphatic heterocycles. The second-order valence-electron chi connectivity index (χ2n) is 4.43. The Balaban J connectivity index is 2.13. The predicted octanol–water partition coefficient (Wildman–Crippen LogP) is 0.505. The molecule has 1 N–H and O–H groups in total. The summed E-state index contributed by atoms with van der Waals surface area (Å²) in [4.78, 5) is 14.2. The molecule has 0 saturated carbocycles. The first-order valence-corrected chi connectivity index (χ1v) is 5.75. The van der Waals surface area contributed by atoms with Gasteiger partial charge in [0, 0.05) is 19.5 Å². The first-order chi connectivity index (χ1) is 6.77. The number of hydrogen-bond donors (Lipinski definition) is 1. The van der Waals surface area contributed by atoms with Gasteiger partial charge < -0.3 is 5.32 Å². The molecule has 3 heteroatoms. The highest BCUT2D eigenvalue weighted by Crippen LogP contribution is 2.33. The summed E-state index contributed by atoms with van der Waals surface area (Å²) in [6.07, 6.45) is 0.685. The number of hydrogen-bond acceptors (Lipinski definition) is 3. The molecule has 2 aliphatic rings. The molecule has 0 aliphatic carbocycles. The molecule has 0 bridgehead atoms. The average Bonchev–Trinajstić information content (AvgIpc) is 2.74. The number of ketones is 1. The number of nitrogens with one attached hydrogen (secondary N) is 1. The van der Waals surface area contributed by atoms with Gasteiger partial charge in [0.1, 0.15) is 5.78 Å². The molecular weight excluding hydrogens is 176 g/mol. The maximum Gasteiger partial charge on any atom is 0.150 e. The monoisotopic (exact) mass is 196 g/mol. The first kappa shape index (κ1) is 10.1. The molecule has 14 heavy (non-hydrogen) atoms. The Hall–Kier alpha value is -0.410. The van der Waals surface area contributed by atoms with Crippen molar-refractivity contribution in [3.05, 3.63) is 0 Å². The van der Waals surface area contributed by atoms with Crippen molar-refractivity contribution in [2.75, 3.05) is 26.2 Å². The predicted molar refractivity (Wildman–Crippen MR) is 56.2 cm³/mol. The molecule has 0 radical (unpaired) electrons. The van der Waals surface area contributed by atoms with E-state index in [0.717, 1.165) is 32.1 Å². The largest absolute Gasteiger partial charge is 0.316 e. The maximum atomic E-state index is 11.9. The number of likely N-dealkylation sites (tertiary alicyclic amines) is 1. The van der Waals surface area contributed by atoms with Gasteiger partial charge in [-0.2, -0.15) is 0 Å². The van der Waals surface area contributed by atoms with Gasteiger partial charge >= 0.3 is 0 Å². The van der Waals surface area contributed by atoms with Gasteiger partial charge in [-0.3, -0.25) is 9.69 Å². The second-order valence-corrected chi connectivity index (χ2v) is 4.43. The highest BCUT2D eigenvalue weighted by molar-refractivity contribution is 5.84. The summed E-state index contributed by atoms with van der Waals surface area (Å²) >= 11 is 0. The molecule has 0 spiro atoms. The summed E-state index contributed by atoms with van der Waals surface area (Å²) in [5, 5.41) is 3.40. The first-order valence-electron chi connectivity index (χ1n) is 5.75. The van der Waals surface area contributed by atoms with Crippen molar-refractivity contribution >= 4 is 5.78 Å². The van der Waals surface area contributed by atoms with Crippen LogP contribution in [0.15, 0.2) is 0 Å². The van der Waals surface area contributed by atoms with Crippen LogP contribution in [0.5, 0.6) is 0 Å². The van der Waals surface area contributed by atoms with Crippen LogP contribution in [-0.4, -0.2) is 42.9 Å². The van der Waals surface area contributed by atoms with E-state index < -0.39 is 0 Å². The third-order valence-corrected chi connectivity index (χ3v) is 3.74. The standard InChI is InChI=1S/C11H20N2O/c1-3-10(14)11-9-6-12-5-8(9)7-13(11)4-2/h8-9,11-12H,3-7H2,1-2H3. The Morgan fingerprint density at radius 1 is 1.43 bits per heavy atom. The lowest BCUT2D eigenvalue weighted by molar-refractivity contribution is -0.124. The minimum atomic E-state index is 0.213. The minimum Gasteiger partial charge on any atom is -0.316 e. The zero-order valence-corrected chi connectivity index (χ0v) is 9.12. The Kier molecular flexibility index (Phi) is 2.88. The molecule has 0 aromatic carbocycles. The molecule has 3 atom stereocenters. The summed E-state index contributed by atoms with van der Waals surface area (Å²) in [6, 6.07) is 0.213. The molecule has 3 nitrogen and oxygen atoms in total. The van der Waals surface area contributed by atoms with E-state index in [1.54, 1.807) is 0 Å². The zero-order valence-electron chi connectivity index (χ0n) is 9.12. The Morgan fingerprint density at radius 2 is 2.21 bits per heavy atom. The number of fused-ring (bicyclic) bond motifs is 1. The van der Waals surface area contributed by atoms with Crippen LogP contribution in [0.3, 0.4) is 0 Å². The van der Waals surface area contributed by atoms with E-state index in [-0.39, 0.29) is 6.04 Å². The van der Waals surface area contributed by atoms with Gasteiger partial charge in [0.15, 0.2) is 0 Å². The van der Waals surface area contributed by atoms with Crippen molar-refractivity contribution in [2.24, 2.45) is 11.8 Å². The summed E-state index contributed by atoms with van der Waals surface area (Å²) < 4.78 is 0. The highest BCUT2D eigenvalue weighted by atomic mass is 16.1. The van der Waals surface area contributed by atoms with Crippen LogP contribution in [0.2, 0.25) is 0 Å². The number of likely N-dealkylation sites (N-methyl/N-ethyl adjacent to an activating group) is 1. The fourth-order valence-corrected chi connectivity index (χ4v) is 2.99. The third-order valence-electron chi connectivity index (χ3n) is 3.74. The summed E-state index contributed by atoms with van der Waals surface area (Å²) in [5.41, 5.74) is 0. The van der Waals surface area contributed by atoms with Crippen molar-refractivity contribution in [2.45, 2.75) is 26.3 Å². The molecule has 2 rings (SSSR count). The third kappa shape index (κ3) is 1.48. The number of carbonyl (C=O) groups excluding carboxylic acids is 1. The number of nitrogens with zero attached hydrogens (tertiary/aromatic N) is 1. The number of Topliss-reactive ketones (excluding diaryl/α,β-unsaturated/α-hetero) is 1. The SMILES string of the molecule is CCC(=O)C1C2CNCC2CN1CC. The Morgan fingerprint density at radius 3 is 2.86 bits per heavy atom. The molecule has 0 amide bonds. The van der Waals surface area contributed by atoms with Gasteiger partial charge in [0.25, 0.3) is 0 Å². The van der Waals surface area contributed by atoms with Gasteiger partial charge in [0.05, 0.1) is 6.04 Å². The Bertz CT molecular complexity index is 229. The molecule has 3 unspecified atom stereocenters. The lowest BCUT2D eigenvalue weighted by Gasteiger charge is -2.24. The van der Waals surface area contributed by atoms with E-state index in [0.29, 0.717) is 18.1 Å². The van der Waals surface area contributed by atoms with Crippen LogP contribution >= 0.6 is 0 Å². The van der Waals surface area contributed by atoms with Crippen LogP contribution in [0.4, 0.5) is 0 Å². The summed E-state index contributed by atoms with van der Waals surface area (Å²) in [6.45, 7) is 8.41. The lowest BCUT2D eigenvalue weighted by Crippen LogP contribution is -2.41. The van der Waals surface area contributed by atoms with E-state index in [2.05, 4.69) is 17.1 Å². The van der Waals surface area contributed by atoms with Crippen molar-refractivity contribution in [1.29, 1.82) is 0 Å². The normalized spacial score (nSPS) is 37.4. The van der Waals surface area contributed by atoms with Crippen molar-refractivity contribution in [3.8, 4) is 0 Å². The van der Waals surface area contributed by atoms with Crippen molar-refractivity contribution in [1.82, 2.24) is 10.2 Å². The quantitative estimate of drug-likeness (QED) is 0.713. The molecule has 2 saturated heterocycles. The molecule has 2 fully saturated rings. The van der Waals surface area contributed by atoms with Crippen LogP contribution in [0.25, 0.3) is 0 Å². The van der Waals surface area contributed by atoms with E-state index >= 15 is 0 Å². The van der Waals surface area contributed by atoms with Crippen molar-refractivity contribution < 1.29 is 4.79 Å². The van der Waals surface area contributed by atoms with Gasteiger partial charge in [-0.1, -0.05) is 13.8 Å². The van der Waals surface area contributed by atoms with Crippen LogP contribution in [0.1, 0.15) is 20.3 Å². The van der Waals surface area contributed by atoms with E-state index in [4.69, 9.17) is 0 Å². The van der Waals surface area contributed by atoms with Crippen LogP contribution in [0, 0.1) is 11.8 Å². The van der Waals surface area contributed by atoms with Gasteiger partial charge in [-0.15, -0.1) is 0 Å². The maximum absolute atomic E-state index is 11.9. The molecule has 0 aromatic heterocycles. The van der Waals surface area contributed by atoms with Crippen LogP contribution in [-0.2, 0) is 4.79 Å². The van der Waals surface area contributed by atoms with E-state index in [1.807, 2.05) is 6.92 Å². The molecule has 80 valence electrons.